The molecule has 0 fully saturated rings. The van der Waals surface area contributed by atoms with Gasteiger partial charge < -0.3 is 9.30 Å². The topological polar surface area (TPSA) is 27.1 Å². The first-order chi connectivity index (χ1) is 8.22. The lowest BCUT2D eigenvalue weighted by molar-refractivity contribution is 0.412. The first-order valence-corrected chi connectivity index (χ1v) is 5.83. The van der Waals surface area contributed by atoms with Crippen LogP contribution in [0.1, 0.15) is 25.5 Å². The third-order valence-corrected chi connectivity index (χ3v) is 2.93. The quantitative estimate of drug-likeness (QED) is 0.806. The number of aromatic nitrogens is 2. The van der Waals surface area contributed by atoms with Crippen LogP contribution in [-0.4, -0.2) is 16.7 Å². The van der Waals surface area contributed by atoms with Crippen LogP contribution in [0, 0.1) is 5.92 Å². The number of imidazole rings is 1. The van der Waals surface area contributed by atoms with Gasteiger partial charge in [-0.2, -0.15) is 0 Å². The van der Waals surface area contributed by atoms with Crippen molar-refractivity contribution in [1.29, 1.82) is 0 Å². The fourth-order valence-corrected chi connectivity index (χ4v) is 2.14. The molecule has 0 spiro atoms. The van der Waals surface area contributed by atoms with Crippen molar-refractivity contribution in [2.45, 2.75) is 19.9 Å². The second kappa shape index (κ2) is 5.04. The predicted molar refractivity (Wildman–Crippen MR) is 68.2 cm³/mol. The van der Waals surface area contributed by atoms with Crippen molar-refractivity contribution in [3.63, 3.8) is 0 Å². The standard InChI is InChI=1S/C14H18N2O/c1-11(2)14(16-9-8-15-10-16)12-4-6-13(17-3)7-5-12/h4-11,14H,1-3H3. The zero-order chi connectivity index (χ0) is 12.3. The fraction of sp³-hybridized carbons (Fsp3) is 0.357. The van der Waals surface area contributed by atoms with Crippen LogP contribution in [-0.2, 0) is 0 Å². The summed E-state index contributed by atoms with van der Waals surface area (Å²) in [6.45, 7) is 4.43. The Morgan fingerprint density at radius 3 is 2.35 bits per heavy atom. The van der Waals surface area contributed by atoms with Gasteiger partial charge in [0.15, 0.2) is 0 Å². The van der Waals surface area contributed by atoms with Crippen LogP contribution in [0.25, 0.3) is 0 Å². The molecule has 1 unspecified atom stereocenters. The second-order valence-corrected chi connectivity index (χ2v) is 4.47. The van der Waals surface area contributed by atoms with Gasteiger partial charge >= 0.3 is 0 Å². The monoisotopic (exact) mass is 230 g/mol. The van der Waals surface area contributed by atoms with Gasteiger partial charge in [0.05, 0.1) is 19.5 Å². The summed E-state index contributed by atoms with van der Waals surface area (Å²) in [4.78, 5) is 4.12. The third-order valence-electron chi connectivity index (χ3n) is 2.93. The minimum absolute atomic E-state index is 0.323. The van der Waals surface area contributed by atoms with Gasteiger partial charge in [-0.15, -0.1) is 0 Å². The van der Waals surface area contributed by atoms with Gasteiger partial charge in [0.1, 0.15) is 5.75 Å². The van der Waals surface area contributed by atoms with E-state index in [0.29, 0.717) is 12.0 Å². The van der Waals surface area contributed by atoms with E-state index in [9.17, 15) is 0 Å². The number of hydrogen-bond acceptors (Lipinski definition) is 2. The number of ether oxygens (including phenoxy) is 1. The summed E-state index contributed by atoms with van der Waals surface area (Å²) in [6.07, 6.45) is 5.70. The van der Waals surface area contributed by atoms with Crippen molar-refractivity contribution in [1.82, 2.24) is 9.55 Å². The van der Waals surface area contributed by atoms with Crippen LogP contribution in [0.15, 0.2) is 43.0 Å². The molecular weight excluding hydrogens is 212 g/mol. The number of nitrogens with zero attached hydrogens (tertiary/aromatic N) is 2. The lowest BCUT2D eigenvalue weighted by Crippen LogP contribution is -2.15. The van der Waals surface area contributed by atoms with Gasteiger partial charge in [0.2, 0.25) is 0 Å². The Balaban J connectivity index is 2.33. The number of benzene rings is 1. The van der Waals surface area contributed by atoms with Crippen molar-refractivity contribution >= 4 is 0 Å². The summed E-state index contributed by atoms with van der Waals surface area (Å²) in [7, 11) is 1.69. The number of hydrogen-bond donors (Lipinski definition) is 0. The minimum Gasteiger partial charge on any atom is -0.497 e. The maximum atomic E-state index is 5.18. The van der Waals surface area contributed by atoms with Crippen molar-refractivity contribution < 1.29 is 4.74 Å². The highest BCUT2D eigenvalue weighted by Gasteiger charge is 2.17. The Hall–Kier alpha value is -1.77. The summed E-state index contributed by atoms with van der Waals surface area (Å²) in [5, 5.41) is 0. The summed E-state index contributed by atoms with van der Waals surface area (Å²) in [6, 6.07) is 8.56. The van der Waals surface area contributed by atoms with E-state index in [0.717, 1.165) is 5.75 Å². The Kier molecular flexibility index (Phi) is 3.47. The lowest BCUT2D eigenvalue weighted by atomic mass is 9.96. The van der Waals surface area contributed by atoms with E-state index in [1.165, 1.54) is 5.56 Å². The third kappa shape index (κ3) is 2.49. The van der Waals surface area contributed by atoms with Crippen molar-refractivity contribution in [3.05, 3.63) is 48.5 Å². The largest absolute Gasteiger partial charge is 0.497 e. The summed E-state index contributed by atoms with van der Waals surface area (Å²) >= 11 is 0. The molecule has 0 N–H and O–H groups in total. The van der Waals surface area contributed by atoms with Crippen LogP contribution >= 0.6 is 0 Å². The molecule has 3 nitrogen and oxygen atoms in total. The summed E-state index contributed by atoms with van der Waals surface area (Å²) < 4.78 is 7.33. The number of methoxy groups -OCH3 is 1. The highest BCUT2D eigenvalue weighted by Crippen LogP contribution is 2.27. The molecule has 0 aliphatic heterocycles. The molecule has 1 atom stereocenters. The number of rotatable bonds is 4. The van der Waals surface area contributed by atoms with E-state index in [2.05, 4.69) is 35.5 Å². The smallest absolute Gasteiger partial charge is 0.118 e. The van der Waals surface area contributed by atoms with Gasteiger partial charge in [-0.05, 0) is 23.6 Å². The lowest BCUT2D eigenvalue weighted by Gasteiger charge is -2.23. The van der Waals surface area contributed by atoms with Crippen LogP contribution < -0.4 is 4.74 Å². The first kappa shape index (κ1) is 11.7. The molecule has 90 valence electrons. The molecule has 1 heterocycles. The van der Waals surface area contributed by atoms with Crippen molar-refractivity contribution in [2.24, 2.45) is 5.92 Å². The van der Waals surface area contributed by atoms with Crippen LogP contribution in [0.5, 0.6) is 5.75 Å². The van der Waals surface area contributed by atoms with E-state index in [4.69, 9.17) is 4.74 Å². The summed E-state index contributed by atoms with van der Waals surface area (Å²) in [5.41, 5.74) is 1.28. The molecule has 1 aromatic heterocycles. The maximum absolute atomic E-state index is 5.18. The first-order valence-electron chi connectivity index (χ1n) is 5.83. The van der Waals surface area contributed by atoms with Crippen LogP contribution in [0.4, 0.5) is 0 Å². The van der Waals surface area contributed by atoms with Crippen molar-refractivity contribution in [2.75, 3.05) is 7.11 Å². The zero-order valence-corrected chi connectivity index (χ0v) is 10.5. The second-order valence-electron chi connectivity index (χ2n) is 4.47. The molecule has 0 amide bonds. The highest BCUT2D eigenvalue weighted by molar-refractivity contribution is 5.29. The van der Waals surface area contributed by atoms with Gasteiger partial charge in [0.25, 0.3) is 0 Å². The molecule has 0 saturated carbocycles. The Bertz CT molecular complexity index is 446. The minimum atomic E-state index is 0.323. The van der Waals surface area contributed by atoms with Gasteiger partial charge in [0, 0.05) is 12.4 Å². The van der Waals surface area contributed by atoms with Crippen molar-refractivity contribution in [3.8, 4) is 5.75 Å². The molecule has 0 bridgehead atoms. The average Bonchev–Trinajstić information content (AvgIpc) is 2.83. The van der Waals surface area contributed by atoms with E-state index in [1.807, 2.05) is 30.9 Å². The van der Waals surface area contributed by atoms with Gasteiger partial charge in [-0.1, -0.05) is 26.0 Å². The molecule has 0 aliphatic carbocycles. The average molecular weight is 230 g/mol. The van der Waals surface area contributed by atoms with Crippen LogP contribution in [0.3, 0.4) is 0 Å². The Labute approximate surface area is 102 Å². The molecule has 0 radical (unpaired) electrons. The van der Waals surface area contributed by atoms with Crippen LogP contribution in [0.2, 0.25) is 0 Å². The van der Waals surface area contributed by atoms with E-state index in [1.54, 1.807) is 7.11 Å². The molecule has 0 saturated heterocycles. The zero-order valence-electron chi connectivity index (χ0n) is 10.5. The molecule has 3 heteroatoms. The molecule has 17 heavy (non-hydrogen) atoms. The molecular formula is C14H18N2O. The van der Waals surface area contributed by atoms with E-state index >= 15 is 0 Å². The fourth-order valence-electron chi connectivity index (χ4n) is 2.14. The Morgan fingerprint density at radius 1 is 1.18 bits per heavy atom. The maximum Gasteiger partial charge on any atom is 0.118 e. The summed E-state index contributed by atoms with van der Waals surface area (Å²) in [5.74, 6) is 1.40. The van der Waals surface area contributed by atoms with Gasteiger partial charge in [-0.3, -0.25) is 0 Å². The predicted octanol–water partition coefficient (Wildman–Crippen LogP) is 3.14. The Morgan fingerprint density at radius 2 is 1.88 bits per heavy atom. The molecule has 2 aromatic rings. The van der Waals surface area contributed by atoms with Gasteiger partial charge in [-0.25, -0.2) is 4.98 Å². The normalized spacial score (nSPS) is 12.7. The van der Waals surface area contributed by atoms with E-state index < -0.39 is 0 Å². The van der Waals surface area contributed by atoms with E-state index in [-0.39, 0.29) is 0 Å². The molecule has 0 aliphatic rings. The highest BCUT2D eigenvalue weighted by atomic mass is 16.5. The SMILES string of the molecule is COc1ccc(C(C(C)C)n2ccnc2)cc1. The molecule has 1 aromatic carbocycles. The molecule has 2 rings (SSSR count).